The van der Waals surface area contributed by atoms with Gasteiger partial charge in [0.05, 0.1) is 5.69 Å². The molecule has 172 valence electrons. The Morgan fingerprint density at radius 3 is 2.45 bits per heavy atom. The Morgan fingerprint density at radius 1 is 0.879 bits per heavy atom. The van der Waals surface area contributed by atoms with Crippen molar-refractivity contribution in [3.05, 3.63) is 83.9 Å². The van der Waals surface area contributed by atoms with E-state index in [2.05, 4.69) is 102 Å². The van der Waals surface area contributed by atoms with Gasteiger partial charge in [-0.05, 0) is 61.7 Å². The van der Waals surface area contributed by atoms with E-state index >= 15 is 0 Å². The van der Waals surface area contributed by atoms with Gasteiger partial charge in [-0.25, -0.2) is 0 Å². The molecule has 0 bridgehead atoms. The molecule has 0 N–H and O–H groups in total. The number of benzene rings is 3. The van der Waals surface area contributed by atoms with Crippen molar-refractivity contribution in [3.63, 3.8) is 0 Å². The number of fused-ring (bicyclic) bond motifs is 2. The summed E-state index contributed by atoms with van der Waals surface area (Å²) in [4.78, 5) is 7.39. The van der Waals surface area contributed by atoms with Gasteiger partial charge in [0.25, 0.3) is 0 Å². The van der Waals surface area contributed by atoms with Gasteiger partial charge >= 0.3 is 0 Å². The maximum atomic E-state index is 6.19. The molecule has 2 aliphatic rings. The van der Waals surface area contributed by atoms with Crippen LogP contribution in [0, 0.1) is 0 Å². The minimum Gasteiger partial charge on any atom is -0.487 e. The lowest BCUT2D eigenvalue weighted by Crippen LogP contribution is -2.46. The molecule has 2 heterocycles. The number of ether oxygens (including phenoxy) is 1. The lowest BCUT2D eigenvalue weighted by molar-refractivity contribution is 0.154. The molecular formula is C29H35N3O. The number of likely N-dealkylation sites (tertiary alicyclic amines) is 1. The molecule has 0 aliphatic carbocycles. The summed E-state index contributed by atoms with van der Waals surface area (Å²) < 4.78 is 6.19. The monoisotopic (exact) mass is 441 g/mol. The Hall–Kier alpha value is -2.98. The lowest BCUT2D eigenvalue weighted by Gasteiger charge is -2.39. The highest BCUT2D eigenvalue weighted by atomic mass is 16.5. The average Bonchev–Trinajstić information content (AvgIpc) is 3.01. The van der Waals surface area contributed by atoms with Gasteiger partial charge in [0.15, 0.2) is 0 Å². The summed E-state index contributed by atoms with van der Waals surface area (Å²) in [7, 11) is 4.19. The highest BCUT2D eigenvalue weighted by Crippen LogP contribution is 2.40. The van der Waals surface area contributed by atoms with Crippen molar-refractivity contribution < 1.29 is 4.74 Å². The second-order valence-corrected chi connectivity index (χ2v) is 9.49. The molecule has 0 saturated carbocycles. The van der Waals surface area contributed by atoms with Gasteiger partial charge in [0.2, 0.25) is 0 Å². The van der Waals surface area contributed by atoms with Crippen LogP contribution in [-0.2, 0) is 13.0 Å². The first-order valence-electron chi connectivity index (χ1n) is 12.3. The number of nitrogens with zero attached hydrogens (tertiary/aromatic N) is 3. The fraction of sp³-hybridized carbons (Fsp3) is 0.379. The Kier molecular flexibility index (Phi) is 6.54. The molecule has 3 aromatic carbocycles. The first kappa shape index (κ1) is 21.8. The zero-order valence-corrected chi connectivity index (χ0v) is 19.9. The molecule has 0 unspecified atom stereocenters. The third-order valence-corrected chi connectivity index (χ3v) is 7.10. The first-order valence-corrected chi connectivity index (χ1v) is 12.3. The van der Waals surface area contributed by atoms with E-state index in [4.69, 9.17) is 4.74 Å². The SMILES string of the molecule is CN(C)c1ccc(CCN2CCCC[C@H]2CN2c3ccccc3COc3ccccc32)cc1. The number of para-hydroxylation sites is 3. The summed E-state index contributed by atoms with van der Waals surface area (Å²) in [6.07, 6.45) is 4.96. The largest absolute Gasteiger partial charge is 0.487 e. The predicted molar refractivity (Wildman–Crippen MR) is 138 cm³/mol. The smallest absolute Gasteiger partial charge is 0.143 e. The predicted octanol–water partition coefficient (Wildman–Crippen LogP) is 5.88. The molecule has 0 aromatic heterocycles. The van der Waals surface area contributed by atoms with E-state index in [9.17, 15) is 0 Å². The van der Waals surface area contributed by atoms with Crippen molar-refractivity contribution in [1.29, 1.82) is 0 Å². The van der Waals surface area contributed by atoms with Gasteiger partial charge in [0.1, 0.15) is 12.4 Å². The van der Waals surface area contributed by atoms with E-state index in [1.807, 2.05) is 0 Å². The molecule has 0 spiro atoms. The second-order valence-electron chi connectivity index (χ2n) is 9.49. The molecule has 33 heavy (non-hydrogen) atoms. The van der Waals surface area contributed by atoms with E-state index in [1.54, 1.807) is 0 Å². The van der Waals surface area contributed by atoms with Crippen LogP contribution in [0.25, 0.3) is 0 Å². The van der Waals surface area contributed by atoms with Crippen molar-refractivity contribution in [3.8, 4) is 5.75 Å². The zero-order valence-electron chi connectivity index (χ0n) is 19.9. The highest BCUT2D eigenvalue weighted by molar-refractivity contribution is 5.72. The Labute approximate surface area is 198 Å². The van der Waals surface area contributed by atoms with Crippen LogP contribution in [0.15, 0.2) is 72.8 Å². The van der Waals surface area contributed by atoms with E-state index < -0.39 is 0 Å². The number of rotatable bonds is 6. The van der Waals surface area contributed by atoms with Crippen LogP contribution in [-0.4, -0.2) is 44.7 Å². The summed E-state index contributed by atoms with van der Waals surface area (Å²) in [5.74, 6) is 0.983. The maximum absolute atomic E-state index is 6.19. The fourth-order valence-corrected chi connectivity index (χ4v) is 5.19. The first-order chi connectivity index (χ1) is 16.2. The van der Waals surface area contributed by atoms with Gasteiger partial charge in [-0.3, -0.25) is 4.90 Å². The average molecular weight is 442 g/mol. The molecule has 0 amide bonds. The molecule has 2 aliphatic heterocycles. The van der Waals surface area contributed by atoms with Gasteiger partial charge in [-0.1, -0.05) is 48.9 Å². The van der Waals surface area contributed by atoms with E-state index in [-0.39, 0.29) is 0 Å². The van der Waals surface area contributed by atoms with Gasteiger partial charge < -0.3 is 14.5 Å². The quantitative estimate of drug-likeness (QED) is 0.475. The van der Waals surface area contributed by atoms with Crippen molar-refractivity contribution in [2.75, 3.05) is 43.5 Å². The summed E-state index contributed by atoms with van der Waals surface area (Å²) in [5.41, 5.74) is 6.41. The lowest BCUT2D eigenvalue weighted by atomic mass is 9.99. The minimum atomic E-state index is 0.541. The summed E-state index contributed by atoms with van der Waals surface area (Å²) in [6.45, 7) is 3.92. The Morgan fingerprint density at radius 2 is 1.64 bits per heavy atom. The van der Waals surface area contributed by atoms with Gasteiger partial charge in [-0.2, -0.15) is 0 Å². The maximum Gasteiger partial charge on any atom is 0.143 e. The second kappa shape index (κ2) is 9.88. The molecular weight excluding hydrogens is 406 g/mol. The topological polar surface area (TPSA) is 19.0 Å². The van der Waals surface area contributed by atoms with Crippen molar-refractivity contribution in [1.82, 2.24) is 4.90 Å². The standard InChI is InChI=1S/C29H35N3O/c1-30(2)25-16-14-23(15-17-25)18-20-31-19-8-7-10-26(31)21-32-27-11-4-3-9-24(27)22-33-29-13-6-5-12-28(29)32/h3-6,9,11-17,26H,7-8,10,18-22H2,1-2H3/t26-/m0/s1. The van der Waals surface area contributed by atoms with Crippen LogP contribution in [0.4, 0.5) is 17.1 Å². The zero-order chi connectivity index (χ0) is 22.6. The van der Waals surface area contributed by atoms with Crippen LogP contribution in [0.5, 0.6) is 5.75 Å². The van der Waals surface area contributed by atoms with Crippen molar-refractivity contribution in [2.24, 2.45) is 0 Å². The highest BCUT2D eigenvalue weighted by Gasteiger charge is 2.28. The van der Waals surface area contributed by atoms with Crippen LogP contribution in [0.1, 0.15) is 30.4 Å². The summed E-state index contributed by atoms with van der Waals surface area (Å²) >= 11 is 0. The van der Waals surface area contributed by atoms with Crippen LogP contribution in [0.3, 0.4) is 0 Å². The van der Waals surface area contributed by atoms with Gasteiger partial charge in [-0.15, -0.1) is 0 Å². The van der Waals surface area contributed by atoms with Gasteiger partial charge in [0, 0.05) is 50.2 Å². The van der Waals surface area contributed by atoms with E-state index in [1.165, 1.54) is 54.0 Å². The summed E-state index contributed by atoms with van der Waals surface area (Å²) in [5, 5.41) is 0. The van der Waals surface area contributed by atoms with Crippen molar-refractivity contribution in [2.45, 2.75) is 38.3 Å². The third-order valence-electron chi connectivity index (χ3n) is 7.10. The van der Waals surface area contributed by atoms with Crippen LogP contribution < -0.4 is 14.5 Å². The number of hydrogen-bond donors (Lipinski definition) is 0. The number of piperidine rings is 1. The van der Waals surface area contributed by atoms with Crippen molar-refractivity contribution >= 4 is 17.1 Å². The molecule has 3 aromatic rings. The third kappa shape index (κ3) is 4.86. The van der Waals surface area contributed by atoms with E-state index in [0.29, 0.717) is 12.6 Å². The molecule has 1 fully saturated rings. The molecule has 4 heteroatoms. The Bertz CT molecular complexity index is 1010. The minimum absolute atomic E-state index is 0.541. The summed E-state index contributed by atoms with van der Waals surface area (Å²) in [6, 6.07) is 26.8. The normalized spacial score (nSPS) is 18.1. The Balaban J connectivity index is 1.35. The molecule has 1 atom stereocenters. The fourth-order valence-electron chi connectivity index (χ4n) is 5.19. The molecule has 4 nitrogen and oxygen atoms in total. The van der Waals surface area contributed by atoms with E-state index in [0.717, 1.165) is 25.3 Å². The van der Waals surface area contributed by atoms with Crippen LogP contribution in [0.2, 0.25) is 0 Å². The molecule has 5 rings (SSSR count). The number of hydrogen-bond acceptors (Lipinski definition) is 4. The molecule has 0 radical (unpaired) electrons. The van der Waals surface area contributed by atoms with Crippen LogP contribution >= 0.6 is 0 Å². The molecule has 1 saturated heterocycles. The number of anilines is 3.